The van der Waals surface area contributed by atoms with Crippen molar-refractivity contribution in [1.82, 2.24) is 0 Å². The van der Waals surface area contributed by atoms with Gasteiger partial charge < -0.3 is 14.6 Å². The van der Waals surface area contributed by atoms with Gasteiger partial charge in [-0.2, -0.15) is 0 Å². The van der Waals surface area contributed by atoms with Crippen molar-refractivity contribution in [2.24, 2.45) is 0 Å². The molecule has 4 heteroatoms. The van der Waals surface area contributed by atoms with Gasteiger partial charge in [0, 0.05) is 23.4 Å². The predicted molar refractivity (Wildman–Crippen MR) is 73.1 cm³/mol. The molecule has 0 aromatic heterocycles. The summed E-state index contributed by atoms with van der Waals surface area (Å²) in [5.41, 5.74) is 0.908. The molecule has 1 aromatic rings. The molecule has 2 atom stereocenters. The molecule has 1 aromatic carbocycles. The summed E-state index contributed by atoms with van der Waals surface area (Å²) in [6.45, 7) is -0.0440. The number of aliphatic hydroxyl groups excluding tert-OH is 1. The maximum Gasteiger partial charge on any atom is 0.169 e. The van der Waals surface area contributed by atoms with Crippen LogP contribution in [0.2, 0.25) is 5.02 Å². The van der Waals surface area contributed by atoms with E-state index < -0.39 is 5.79 Å². The summed E-state index contributed by atoms with van der Waals surface area (Å²) in [5, 5.41) is 10.2. The zero-order chi connectivity index (χ0) is 13.3. The van der Waals surface area contributed by atoms with E-state index in [-0.39, 0.29) is 18.8 Å². The second kappa shape index (κ2) is 5.41. The van der Waals surface area contributed by atoms with Crippen LogP contribution in [0.5, 0.6) is 0 Å². The molecule has 0 amide bonds. The second-order valence-corrected chi connectivity index (χ2v) is 5.78. The summed E-state index contributed by atoms with van der Waals surface area (Å²) in [4.78, 5) is 0. The van der Waals surface area contributed by atoms with Crippen LogP contribution in [0.15, 0.2) is 24.3 Å². The number of aliphatic hydroxyl groups is 1. The third kappa shape index (κ3) is 2.52. The predicted octanol–water partition coefficient (Wildman–Crippen LogP) is 3.45. The normalized spacial score (nSPS) is 29.8. The Morgan fingerprint density at radius 1 is 1.16 bits per heavy atom. The van der Waals surface area contributed by atoms with E-state index in [0.717, 1.165) is 31.2 Å². The Hall–Kier alpha value is -0.610. The van der Waals surface area contributed by atoms with Crippen LogP contribution in [0.1, 0.15) is 43.8 Å². The van der Waals surface area contributed by atoms with Crippen molar-refractivity contribution in [3.05, 3.63) is 34.9 Å². The molecule has 1 saturated carbocycles. The van der Waals surface area contributed by atoms with Crippen molar-refractivity contribution in [3.8, 4) is 0 Å². The summed E-state index contributed by atoms with van der Waals surface area (Å²) in [6, 6.07) is 7.62. The van der Waals surface area contributed by atoms with E-state index in [1.165, 1.54) is 6.42 Å². The average molecular weight is 283 g/mol. The Labute approximate surface area is 118 Å². The molecule has 1 N–H and O–H groups in total. The molecule has 2 aliphatic rings. The smallest absolute Gasteiger partial charge is 0.169 e. The lowest BCUT2D eigenvalue weighted by atomic mass is 9.94. The van der Waals surface area contributed by atoms with Crippen molar-refractivity contribution in [1.29, 1.82) is 0 Å². The van der Waals surface area contributed by atoms with Crippen LogP contribution in [0.4, 0.5) is 0 Å². The van der Waals surface area contributed by atoms with Gasteiger partial charge in [0.25, 0.3) is 0 Å². The van der Waals surface area contributed by atoms with Crippen LogP contribution in [0.3, 0.4) is 0 Å². The van der Waals surface area contributed by atoms with Crippen LogP contribution < -0.4 is 0 Å². The van der Waals surface area contributed by atoms with Gasteiger partial charge in [-0.15, -0.1) is 0 Å². The van der Waals surface area contributed by atoms with Crippen molar-refractivity contribution in [2.75, 3.05) is 6.61 Å². The van der Waals surface area contributed by atoms with E-state index in [9.17, 15) is 5.11 Å². The minimum absolute atomic E-state index is 0.0440. The largest absolute Gasteiger partial charge is 0.394 e. The van der Waals surface area contributed by atoms with E-state index in [4.69, 9.17) is 21.1 Å². The quantitative estimate of drug-likeness (QED) is 0.903. The highest BCUT2D eigenvalue weighted by molar-refractivity contribution is 6.31. The fourth-order valence-electron chi connectivity index (χ4n) is 3.10. The molecule has 0 radical (unpaired) electrons. The first-order valence-electron chi connectivity index (χ1n) is 6.95. The highest BCUT2D eigenvalue weighted by Crippen LogP contribution is 2.46. The topological polar surface area (TPSA) is 38.7 Å². The van der Waals surface area contributed by atoms with Gasteiger partial charge in [0.2, 0.25) is 0 Å². The maximum atomic E-state index is 9.55. The summed E-state index contributed by atoms with van der Waals surface area (Å²) < 4.78 is 12.2. The molecule has 2 fully saturated rings. The second-order valence-electron chi connectivity index (χ2n) is 5.37. The number of hydrogen-bond donors (Lipinski definition) is 1. The molecule has 19 heavy (non-hydrogen) atoms. The standard InChI is InChI=1S/C15H19ClO3/c16-12-7-3-2-6-11(12)14-13(10-17)18-15(19-14)8-4-1-5-9-15/h2-3,6-7,13-14,17H,1,4-5,8-10H2/t13-,14-/m1/s1. The third-order valence-electron chi connectivity index (χ3n) is 4.05. The zero-order valence-corrected chi connectivity index (χ0v) is 11.6. The molecule has 3 rings (SSSR count). The van der Waals surface area contributed by atoms with Crippen LogP contribution in [0, 0.1) is 0 Å². The van der Waals surface area contributed by atoms with Crippen molar-refractivity contribution in [3.63, 3.8) is 0 Å². The Kier molecular flexibility index (Phi) is 3.81. The fraction of sp³-hybridized carbons (Fsp3) is 0.600. The van der Waals surface area contributed by atoms with Crippen LogP contribution in [-0.2, 0) is 9.47 Å². The molecule has 1 aliphatic carbocycles. The van der Waals surface area contributed by atoms with E-state index in [2.05, 4.69) is 0 Å². The van der Waals surface area contributed by atoms with Crippen molar-refractivity contribution < 1.29 is 14.6 Å². The van der Waals surface area contributed by atoms with Gasteiger partial charge in [0.05, 0.1) is 6.61 Å². The van der Waals surface area contributed by atoms with Gasteiger partial charge in [-0.3, -0.25) is 0 Å². The zero-order valence-electron chi connectivity index (χ0n) is 10.8. The summed E-state index contributed by atoms with van der Waals surface area (Å²) in [6.07, 6.45) is 4.69. The number of benzene rings is 1. The molecule has 1 spiro atoms. The number of rotatable bonds is 2. The monoisotopic (exact) mass is 282 g/mol. The van der Waals surface area contributed by atoms with E-state index in [1.54, 1.807) is 0 Å². The molecular formula is C15H19ClO3. The van der Waals surface area contributed by atoms with Crippen molar-refractivity contribution >= 4 is 11.6 Å². The van der Waals surface area contributed by atoms with Gasteiger partial charge in [-0.05, 0) is 18.9 Å². The SMILES string of the molecule is OC[C@H]1OC2(CCCCC2)O[C@@H]1c1ccccc1Cl. The first kappa shape index (κ1) is 13.4. The van der Waals surface area contributed by atoms with E-state index >= 15 is 0 Å². The average Bonchev–Trinajstić information content (AvgIpc) is 2.78. The Balaban J connectivity index is 1.87. The molecule has 0 bridgehead atoms. The number of ether oxygens (including phenoxy) is 2. The number of hydrogen-bond acceptors (Lipinski definition) is 3. The first-order chi connectivity index (χ1) is 9.24. The molecule has 104 valence electrons. The minimum Gasteiger partial charge on any atom is -0.394 e. The maximum absolute atomic E-state index is 9.55. The van der Waals surface area contributed by atoms with Crippen LogP contribution >= 0.6 is 11.6 Å². The van der Waals surface area contributed by atoms with E-state index in [1.807, 2.05) is 24.3 Å². The van der Waals surface area contributed by atoms with Gasteiger partial charge >= 0.3 is 0 Å². The van der Waals surface area contributed by atoms with Crippen LogP contribution in [0.25, 0.3) is 0 Å². The third-order valence-corrected chi connectivity index (χ3v) is 4.40. The van der Waals surface area contributed by atoms with Crippen LogP contribution in [-0.4, -0.2) is 23.6 Å². The number of halogens is 1. The summed E-state index contributed by atoms with van der Waals surface area (Å²) >= 11 is 6.24. The molecule has 3 nitrogen and oxygen atoms in total. The molecule has 1 saturated heterocycles. The molecule has 0 unspecified atom stereocenters. The highest BCUT2D eigenvalue weighted by Gasteiger charge is 2.48. The summed E-state index contributed by atoms with van der Waals surface area (Å²) in [7, 11) is 0. The molecular weight excluding hydrogens is 264 g/mol. The lowest BCUT2D eigenvalue weighted by molar-refractivity contribution is -0.196. The fourth-order valence-corrected chi connectivity index (χ4v) is 3.34. The van der Waals surface area contributed by atoms with Crippen molar-refractivity contribution in [2.45, 2.75) is 50.1 Å². The molecule has 1 aliphatic heterocycles. The first-order valence-corrected chi connectivity index (χ1v) is 7.33. The van der Waals surface area contributed by atoms with Gasteiger partial charge in [-0.1, -0.05) is 36.2 Å². The lowest BCUT2D eigenvalue weighted by Gasteiger charge is -2.32. The Bertz CT molecular complexity index is 443. The lowest BCUT2D eigenvalue weighted by Crippen LogP contribution is -2.33. The van der Waals surface area contributed by atoms with Gasteiger partial charge in [-0.25, -0.2) is 0 Å². The van der Waals surface area contributed by atoms with Gasteiger partial charge in [0.1, 0.15) is 12.2 Å². The molecule has 1 heterocycles. The van der Waals surface area contributed by atoms with E-state index in [0.29, 0.717) is 5.02 Å². The van der Waals surface area contributed by atoms with Gasteiger partial charge in [0.15, 0.2) is 5.79 Å². The minimum atomic E-state index is -0.504. The Morgan fingerprint density at radius 3 is 2.58 bits per heavy atom. The summed E-state index contributed by atoms with van der Waals surface area (Å²) in [5.74, 6) is -0.504. The Morgan fingerprint density at radius 2 is 1.89 bits per heavy atom. The highest BCUT2D eigenvalue weighted by atomic mass is 35.5.